The molecule has 1 aliphatic carbocycles. The standard InChI is InChI=1S/C14H12O2S/c1-9-8-17-14(16-9)12-7-6-10-4-2-3-5-11(10)13(12)15/h2-5,8H,6-7H2,1H3/b14-12-. The van der Waals surface area contributed by atoms with Gasteiger partial charge in [0.15, 0.2) is 10.9 Å². The van der Waals surface area contributed by atoms with Gasteiger partial charge in [0.2, 0.25) is 0 Å². The Labute approximate surface area is 104 Å². The minimum atomic E-state index is 0.123. The lowest BCUT2D eigenvalue weighted by atomic mass is 9.87. The van der Waals surface area contributed by atoms with Gasteiger partial charge in [0.25, 0.3) is 0 Å². The molecule has 2 nitrogen and oxygen atoms in total. The Hall–Kier alpha value is -1.48. The molecule has 2 aliphatic rings. The fourth-order valence-electron chi connectivity index (χ4n) is 2.15. The van der Waals surface area contributed by atoms with Gasteiger partial charge in [-0.2, -0.15) is 0 Å². The van der Waals surface area contributed by atoms with Crippen LogP contribution < -0.4 is 0 Å². The van der Waals surface area contributed by atoms with Crippen LogP contribution in [-0.2, 0) is 11.2 Å². The smallest absolute Gasteiger partial charge is 0.193 e. The SMILES string of the molecule is CC1=CS/C(=C2/CCc3ccccc3C2=O)O1. The Bertz CT molecular complexity index is 555. The van der Waals surface area contributed by atoms with Gasteiger partial charge in [-0.1, -0.05) is 36.0 Å². The lowest BCUT2D eigenvalue weighted by Gasteiger charge is -2.18. The molecule has 86 valence electrons. The van der Waals surface area contributed by atoms with Gasteiger partial charge in [0.1, 0.15) is 5.76 Å². The van der Waals surface area contributed by atoms with Gasteiger partial charge in [0.05, 0.1) is 5.57 Å². The molecule has 3 rings (SSSR count). The van der Waals surface area contributed by atoms with Gasteiger partial charge >= 0.3 is 0 Å². The van der Waals surface area contributed by atoms with Crippen molar-refractivity contribution in [3.8, 4) is 0 Å². The number of ether oxygens (including phenoxy) is 1. The number of ketones is 1. The second-order valence-electron chi connectivity index (χ2n) is 4.20. The zero-order valence-corrected chi connectivity index (χ0v) is 10.3. The molecule has 0 amide bonds. The first kappa shape index (κ1) is 10.7. The van der Waals surface area contributed by atoms with Gasteiger partial charge in [-0.25, -0.2) is 0 Å². The van der Waals surface area contributed by atoms with Crippen molar-refractivity contribution in [3.63, 3.8) is 0 Å². The number of hydrogen-bond donors (Lipinski definition) is 0. The molecule has 0 saturated carbocycles. The maximum absolute atomic E-state index is 12.3. The summed E-state index contributed by atoms with van der Waals surface area (Å²) in [5.41, 5.74) is 2.80. The molecule has 0 spiro atoms. The van der Waals surface area contributed by atoms with E-state index in [9.17, 15) is 4.79 Å². The summed E-state index contributed by atoms with van der Waals surface area (Å²) in [5, 5.41) is 2.71. The van der Waals surface area contributed by atoms with Crippen molar-refractivity contribution in [2.24, 2.45) is 0 Å². The number of benzene rings is 1. The Balaban J connectivity index is 2.01. The first-order valence-corrected chi connectivity index (χ1v) is 6.50. The number of carbonyl (C=O) groups is 1. The van der Waals surface area contributed by atoms with Crippen molar-refractivity contribution in [3.05, 3.63) is 57.2 Å². The van der Waals surface area contributed by atoms with E-state index in [0.29, 0.717) is 0 Å². The summed E-state index contributed by atoms with van der Waals surface area (Å²) >= 11 is 1.51. The van der Waals surface area contributed by atoms with Crippen molar-refractivity contribution in [2.45, 2.75) is 19.8 Å². The highest BCUT2D eigenvalue weighted by Crippen LogP contribution is 2.37. The molecule has 0 aromatic heterocycles. The predicted octanol–water partition coefficient (Wildman–Crippen LogP) is 3.65. The molecule has 0 radical (unpaired) electrons. The monoisotopic (exact) mass is 244 g/mol. The van der Waals surface area contributed by atoms with Gasteiger partial charge < -0.3 is 4.74 Å². The van der Waals surface area contributed by atoms with Crippen LogP contribution in [0.2, 0.25) is 0 Å². The van der Waals surface area contributed by atoms with E-state index in [1.807, 2.05) is 36.6 Å². The number of aryl methyl sites for hydroxylation is 1. The minimum Gasteiger partial charge on any atom is -0.454 e. The third-order valence-electron chi connectivity index (χ3n) is 3.01. The Morgan fingerprint density at radius 3 is 2.82 bits per heavy atom. The quantitative estimate of drug-likeness (QED) is 0.652. The highest BCUT2D eigenvalue weighted by atomic mass is 32.2. The van der Waals surface area contributed by atoms with Crippen LogP contribution in [-0.4, -0.2) is 5.78 Å². The molecule has 0 atom stereocenters. The van der Waals surface area contributed by atoms with E-state index < -0.39 is 0 Å². The molecule has 1 aliphatic heterocycles. The van der Waals surface area contributed by atoms with Gasteiger partial charge in [-0.15, -0.1) is 0 Å². The van der Waals surface area contributed by atoms with Crippen molar-refractivity contribution >= 4 is 17.5 Å². The molecular weight excluding hydrogens is 232 g/mol. The summed E-state index contributed by atoms with van der Waals surface area (Å²) in [7, 11) is 0. The number of Topliss-reactive ketones (excluding diaryl/α,β-unsaturated/α-hetero) is 1. The van der Waals surface area contributed by atoms with Gasteiger partial charge in [0, 0.05) is 11.0 Å². The summed E-state index contributed by atoms with van der Waals surface area (Å²) in [6, 6.07) is 7.82. The first-order valence-electron chi connectivity index (χ1n) is 5.63. The highest BCUT2D eigenvalue weighted by molar-refractivity contribution is 8.05. The molecule has 17 heavy (non-hydrogen) atoms. The Morgan fingerprint density at radius 1 is 1.24 bits per heavy atom. The normalized spacial score (nSPS) is 23.1. The summed E-state index contributed by atoms with van der Waals surface area (Å²) < 4.78 is 5.57. The van der Waals surface area contributed by atoms with Gasteiger partial charge in [-0.3, -0.25) is 4.79 Å². The zero-order chi connectivity index (χ0) is 11.8. The molecule has 3 heteroatoms. The maximum atomic E-state index is 12.3. The number of fused-ring (bicyclic) bond motifs is 1. The number of allylic oxidation sites excluding steroid dienone is 2. The van der Waals surface area contributed by atoms with Crippen molar-refractivity contribution in [1.29, 1.82) is 0 Å². The topological polar surface area (TPSA) is 26.3 Å². The van der Waals surface area contributed by atoms with Crippen LogP contribution in [0.5, 0.6) is 0 Å². The lowest BCUT2D eigenvalue weighted by molar-refractivity contribution is 0.102. The van der Waals surface area contributed by atoms with E-state index in [4.69, 9.17) is 4.74 Å². The summed E-state index contributed by atoms with van der Waals surface area (Å²) in [5.74, 6) is 0.988. The third-order valence-corrected chi connectivity index (χ3v) is 4.01. The van der Waals surface area contributed by atoms with E-state index in [1.54, 1.807) is 0 Å². The molecule has 1 aromatic carbocycles. The fraction of sp³-hybridized carbons (Fsp3) is 0.214. The largest absolute Gasteiger partial charge is 0.454 e. The average molecular weight is 244 g/mol. The second-order valence-corrected chi connectivity index (χ2v) is 5.04. The summed E-state index contributed by atoms with van der Waals surface area (Å²) in [6.45, 7) is 1.90. The Morgan fingerprint density at radius 2 is 2.06 bits per heavy atom. The molecule has 0 fully saturated rings. The summed E-state index contributed by atoms with van der Waals surface area (Å²) in [6.07, 6.45) is 1.70. The molecule has 0 bridgehead atoms. The summed E-state index contributed by atoms with van der Waals surface area (Å²) in [4.78, 5) is 12.3. The van der Waals surface area contributed by atoms with Crippen molar-refractivity contribution in [2.75, 3.05) is 0 Å². The van der Waals surface area contributed by atoms with Crippen LogP contribution in [0.25, 0.3) is 0 Å². The Kier molecular flexibility index (Phi) is 2.56. The first-order chi connectivity index (χ1) is 8.25. The van der Waals surface area contributed by atoms with Gasteiger partial charge in [-0.05, 0) is 25.3 Å². The van der Waals surface area contributed by atoms with E-state index in [0.717, 1.165) is 40.4 Å². The van der Waals surface area contributed by atoms with Crippen LogP contribution in [0.1, 0.15) is 29.3 Å². The van der Waals surface area contributed by atoms with Crippen LogP contribution >= 0.6 is 11.8 Å². The minimum absolute atomic E-state index is 0.123. The number of thioether (sulfide) groups is 1. The molecule has 1 aromatic rings. The molecule has 0 N–H and O–H groups in total. The van der Waals surface area contributed by atoms with E-state index in [1.165, 1.54) is 11.8 Å². The highest BCUT2D eigenvalue weighted by Gasteiger charge is 2.27. The number of carbonyl (C=O) groups excluding carboxylic acids is 1. The number of rotatable bonds is 0. The van der Waals surface area contributed by atoms with E-state index in [2.05, 4.69) is 0 Å². The van der Waals surface area contributed by atoms with Crippen molar-refractivity contribution < 1.29 is 9.53 Å². The van der Waals surface area contributed by atoms with Crippen LogP contribution in [0.15, 0.2) is 46.1 Å². The predicted molar refractivity (Wildman–Crippen MR) is 68.6 cm³/mol. The van der Waals surface area contributed by atoms with E-state index >= 15 is 0 Å². The van der Waals surface area contributed by atoms with Crippen LogP contribution in [0.3, 0.4) is 0 Å². The maximum Gasteiger partial charge on any atom is 0.193 e. The lowest BCUT2D eigenvalue weighted by Crippen LogP contribution is -2.15. The third kappa shape index (κ3) is 1.80. The molecular formula is C14H12O2S. The average Bonchev–Trinajstić information content (AvgIpc) is 2.77. The molecule has 1 heterocycles. The van der Waals surface area contributed by atoms with Crippen LogP contribution in [0.4, 0.5) is 0 Å². The van der Waals surface area contributed by atoms with E-state index in [-0.39, 0.29) is 5.78 Å². The number of hydrogen-bond acceptors (Lipinski definition) is 3. The molecule has 0 unspecified atom stereocenters. The second kappa shape index (κ2) is 4.08. The van der Waals surface area contributed by atoms with Crippen molar-refractivity contribution in [1.82, 2.24) is 0 Å². The fourth-order valence-corrected chi connectivity index (χ4v) is 2.99. The molecule has 0 saturated heterocycles. The van der Waals surface area contributed by atoms with Crippen LogP contribution in [0, 0.1) is 0 Å². The zero-order valence-electron chi connectivity index (χ0n) is 9.53.